The zero-order valence-electron chi connectivity index (χ0n) is 11.1. The first kappa shape index (κ1) is 14.1. The Morgan fingerprint density at radius 1 is 1.53 bits per heavy atom. The molecule has 1 fully saturated rings. The molecule has 1 saturated carbocycles. The van der Waals surface area contributed by atoms with E-state index >= 15 is 0 Å². The van der Waals surface area contributed by atoms with Crippen molar-refractivity contribution >= 4 is 15.9 Å². The molecule has 0 radical (unpaired) electrons. The molecule has 0 saturated heterocycles. The van der Waals surface area contributed by atoms with Crippen molar-refractivity contribution in [2.45, 2.75) is 37.6 Å². The summed E-state index contributed by atoms with van der Waals surface area (Å²) < 4.78 is 22.4. The number of H-pyrrole nitrogens is 1. The second-order valence-electron chi connectivity index (χ2n) is 5.29. The zero-order valence-corrected chi connectivity index (χ0v) is 11.9. The number of hydrogen-bond acceptors (Lipinski definition) is 3. The van der Waals surface area contributed by atoms with Crippen LogP contribution in [0, 0.1) is 5.92 Å². The van der Waals surface area contributed by atoms with Crippen LogP contribution < -0.4 is 5.14 Å². The molecule has 0 spiro atoms. The highest BCUT2D eigenvalue weighted by Crippen LogP contribution is 2.30. The number of carbonyl (C=O) groups is 1. The SMILES string of the molecule is CC(C)N(CC1CC1)C(=O)c1cc(S(N)(=O)=O)c[nH]1. The number of rotatable bonds is 5. The lowest BCUT2D eigenvalue weighted by atomic mass is 10.2. The van der Waals surface area contributed by atoms with E-state index in [1.807, 2.05) is 13.8 Å². The second kappa shape index (κ2) is 4.97. The van der Waals surface area contributed by atoms with Crippen LogP contribution in [0.2, 0.25) is 0 Å². The number of nitrogens with two attached hydrogens (primary N) is 1. The fraction of sp³-hybridized carbons (Fsp3) is 0.583. The Morgan fingerprint density at radius 3 is 2.58 bits per heavy atom. The van der Waals surface area contributed by atoms with Gasteiger partial charge < -0.3 is 9.88 Å². The van der Waals surface area contributed by atoms with Gasteiger partial charge in [0.05, 0.1) is 4.90 Å². The van der Waals surface area contributed by atoms with Crippen molar-refractivity contribution in [2.24, 2.45) is 11.1 Å². The molecule has 106 valence electrons. The Kier molecular flexibility index (Phi) is 3.69. The topological polar surface area (TPSA) is 96.3 Å². The van der Waals surface area contributed by atoms with Crippen LogP contribution in [0.4, 0.5) is 0 Å². The number of amides is 1. The molecule has 1 aliphatic carbocycles. The Labute approximate surface area is 113 Å². The molecule has 1 aliphatic rings. The first-order chi connectivity index (χ1) is 8.79. The van der Waals surface area contributed by atoms with Gasteiger partial charge >= 0.3 is 0 Å². The van der Waals surface area contributed by atoms with Crippen molar-refractivity contribution in [3.63, 3.8) is 0 Å². The Bertz CT molecular complexity index is 573. The molecule has 0 atom stereocenters. The molecule has 1 heterocycles. The monoisotopic (exact) mass is 285 g/mol. The Balaban J connectivity index is 2.18. The van der Waals surface area contributed by atoms with E-state index in [1.165, 1.54) is 12.3 Å². The van der Waals surface area contributed by atoms with Gasteiger partial charge in [-0.3, -0.25) is 4.79 Å². The van der Waals surface area contributed by atoms with Gasteiger partial charge in [0.25, 0.3) is 5.91 Å². The Morgan fingerprint density at radius 2 is 2.16 bits per heavy atom. The van der Waals surface area contributed by atoms with Gasteiger partial charge in [-0.15, -0.1) is 0 Å². The van der Waals surface area contributed by atoms with Gasteiger partial charge in [-0.05, 0) is 38.7 Å². The summed E-state index contributed by atoms with van der Waals surface area (Å²) in [6.07, 6.45) is 3.56. The summed E-state index contributed by atoms with van der Waals surface area (Å²) in [5.41, 5.74) is 0.262. The van der Waals surface area contributed by atoms with E-state index in [0.717, 1.165) is 19.4 Å². The molecule has 7 heteroatoms. The first-order valence-corrected chi connectivity index (χ1v) is 7.86. The second-order valence-corrected chi connectivity index (χ2v) is 6.85. The molecule has 19 heavy (non-hydrogen) atoms. The number of hydrogen-bond donors (Lipinski definition) is 2. The number of aromatic amines is 1. The van der Waals surface area contributed by atoms with E-state index in [9.17, 15) is 13.2 Å². The molecule has 1 amide bonds. The normalized spacial score (nSPS) is 15.8. The molecule has 1 aromatic rings. The highest BCUT2D eigenvalue weighted by atomic mass is 32.2. The predicted molar refractivity (Wildman–Crippen MR) is 71.1 cm³/mol. The summed E-state index contributed by atoms with van der Waals surface area (Å²) in [5.74, 6) is 0.399. The van der Waals surface area contributed by atoms with Crippen molar-refractivity contribution in [2.75, 3.05) is 6.54 Å². The van der Waals surface area contributed by atoms with E-state index < -0.39 is 10.0 Å². The van der Waals surface area contributed by atoms with Crippen molar-refractivity contribution in [1.82, 2.24) is 9.88 Å². The van der Waals surface area contributed by atoms with Crippen LogP contribution >= 0.6 is 0 Å². The standard InChI is InChI=1S/C12H19N3O3S/c1-8(2)15(7-9-3-4-9)12(16)11-5-10(6-14-11)19(13,17)18/h5-6,8-9,14H,3-4,7H2,1-2H3,(H2,13,17,18). The van der Waals surface area contributed by atoms with Crippen molar-refractivity contribution < 1.29 is 13.2 Å². The van der Waals surface area contributed by atoms with E-state index in [0.29, 0.717) is 5.92 Å². The molecule has 1 aromatic heterocycles. The Hall–Kier alpha value is -1.34. The molecular weight excluding hydrogens is 266 g/mol. The van der Waals surface area contributed by atoms with Gasteiger partial charge in [-0.25, -0.2) is 13.6 Å². The predicted octanol–water partition coefficient (Wildman–Crippen LogP) is 0.923. The first-order valence-electron chi connectivity index (χ1n) is 6.31. The van der Waals surface area contributed by atoms with Gasteiger partial charge in [0.2, 0.25) is 10.0 Å². The molecule has 0 aromatic carbocycles. The number of aromatic nitrogens is 1. The number of nitrogens with zero attached hydrogens (tertiary/aromatic N) is 1. The van der Waals surface area contributed by atoms with E-state index in [-0.39, 0.29) is 22.5 Å². The molecule has 0 unspecified atom stereocenters. The van der Waals surface area contributed by atoms with Crippen LogP contribution in [0.3, 0.4) is 0 Å². The van der Waals surface area contributed by atoms with Gasteiger partial charge in [0, 0.05) is 18.8 Å². The summed E-state index contributed by atoms with van der Waals surface area (Å²) in [6.45, 7) is 4.62. The number of nitrogens with one attached hydrogen (secondary N) is 1. The van der Waals surface area contributed by atoms with Crippen LogP contribution in [0.1, 0.15) is 37.2 Å². The van der Waals surface area contributed by atoms with Gasteiger partial charge in [0.1, 0.15) is 5.69 Å². The minimum atomic E-state index is -3.77. The smallest absolute Gasteiger partial charge is 0.270 e. The van der Waals surface area contributed by atoms with Crippen LogP contribution in [-0.2, 0) is 10.0 Å². The molecule has 6 nitrogen and oxygen atoms in total. The fourth-order valence-corrected chi connectivity index (χ4v) is 2.43. The largest absolute Gasteiger partial charge is 0.356 e. The van der Waals surface area contributed by atoms with Crippen molar-refractivity contribution in [1.29, 1.82) is 0 Å². The quantitative estimate of drug-likeness (QED) is 0.842. The fourth-order valence-electron chi connectivity index (χ4n) is 1.92. The van der Waals surface area contributed by atoms with E-state index in [2.05, 4.69) is 4.98 Å². The summed E-state index contributed by atoms with van der Waals surface area (Å²) in [6, 6.07) is 1.37. The average Bonchev–Trinajstić information content (AvgIpc) is 2.96. The highest BCUT2D eigenvalue weighted by Gasteiger charge is 2.29. The minimum Gasteiger partial charge on any atom is -0.356 e. The third-order valence-corrected chi connectivity index (χ3v) is 4.14. The number of sulfonamides is 1. The third kappa shape index (κ3) is 3.36. The van der Waals surface area contributed by atoms with Crippen molar-refractivity contribution in [3.05, 3.63) is 18.0 Å². The van der Waals surface area contributed by atoms with Gasteiger partial charge in [0.15, 0.2) is 0 Å². The molecule has 0 bridgehead atoms. The highest BCUT2D eigenvalue weighted by molar-refractivity contribution is 7.89. The number of primary sulfonamides is 1. The zero-order chi connectivity index (χ0) is 14.2. The number of carbonyl (C=O) groups excluding carboxylic acids is 1. The minimum absolute atomic E-state index is 0.0639. The maximum atomic E-state index is 12.3. The lowest BCUT2D eigenvalue weighted by Crippen LogP contribution is -2.38. The summed E-state index contributed by atoms with van der Waals surface area (Å²) in [5, 5.41) is 5.02. The van der Waals surface area contributed by atoms with Crippen molar-refractivity contribution in [3.8, 4) is 0 Å². The average molecular weight is 285 g/mol. The summed E-state index contributed by atoms with van der Waals surface area (Å²) in [7, 11) is -3.77. The van der Waals surface area contributed by atoms with Crippen LogP contribution in [0.15, 0.2) is 17.2 Å². The molecule has 0 aliphatic heterocycles. The third-order valence-electron chi connectivity index (χ3n) is 3.25. The molecule has 2 rings (SSSR count). The maximum Gasteiger partial charge on any atom is 0.270 e. The van der Waals surface area contributed by atoms with Gasteiger partial charge in [-0.1, -0.05) is 0 Å². The summed E-state index contributed by atoms with van der Waals surface area (Å²) >= 11 is 0. The summed E-state index contributed by atoms with van der Waals surface area (Å²) in [4.78, 5) is 16.7. The van der Waals surface area contributed by atoms with Crippen LogP contribution in [-0.4, -0.2) is 36.8 Å². The lowest BCUT2D eigenvalue weighted by molar-refractivity contribution is 0.0691. The molecular formula is C12H19N3O3S. The van der Waals surface area contributed by atoms with Crippen LogP contribution in [0.25, 0.3) is 0 Å². The van der Waals surface area contributed by atoms with Crippen LogP contribution in [0.5, 0.6) is 0 Å². The maximum absolute atomic E-state index is 12.3. The molecule has 3 N–H and O–H groups in total. The van der Waals surface area contributed by atoms with Gasteiger partial charge in [-0.2, -0.15) is 0 Å². The van der Waals surface area contributed by atoms with E-state index in [4.69, 9.17) is 5.14 Å². The van der Waals surface area contributed by atoms with E-state index in [1.54, 1.807) is 4.90 Å². The lowest BCUT2D eigenvalue weighted by Gasteiger charge is -2.26.